The Hall–Kier alpha value is -1.12. The number of benzene rings is 1. The summed E-state index contributed by atoms with van der Waals surface area (Å²) in [5.74, 6) is 0.800. The minimum Gasteiger partial charge on any atom is -0.381 e. The number of rotatable bonds is 5. The molecule has 1 saturated heterocycles. The maximum absolute atomic E-state index is 5.34. The van der Waals surface area contributed by atoms with Crippen molar-refractivity contribution in [3.8, 4) is 0 Å². The molecule has 1 aromatic carbocycles. The van der Waals surface area contributed by atoms with Gasteiger partial charge >= 0.3 is 0 Å². The second-order valence-electron chi connectivity index (χ2n) is 4.53. The summed E-state index contributed by atoms with van der Waals surface area (Å²) in [5, 5.41) is 3.48. The Balaban J connectivity index is 1.61. The lowest BCUT2D eigenvalue weighted by Crippen LogP contribution is -2.27. The van der Waals surface area contributed by atoms with Crippen LogP contribution in [0.1, 0.15) is 18.4 Å². The summed E-state index contributed by atoms with van der Waals surface area (Å²) in [6.45, 7) is 3.94. The molecule has 0 amide bonds. The largest absolute Gasteiger partial charge is 0.381 e. The van der Waals surface area contributed by atoms with Gasteiger partial charge in [-0.1, -0.05) is 42.5 Å². The van der Waals surface area contributed by atoms with Crippen LogP contribution in [0.25, 0.3) is 6.08 Å². The van der Waals surface area contributed by atoms with Crippen molar-refractivity contribution < 1.29 is 4.74 Å². The molecule has 0 radical (unpaired) electrons. The number of hydrogen-bond acceptors (Lipinski definition) is 2. The second-order valence-corrected chi connectivity index (χ2v) is 4.53. The first kappa shape index (κ1) is 12.3. The Morgan fingerprint density at radius 2 is 1.94 bits per heavy atom. The molecule has 1 aliphatic heterocycles. The van der Waals surface area contributed by atoms with Gasteiger partial charge < -0.3 is 10.1 Å². The molecule has 1 N–H and O–H groups in total. The van der Waals surface area contributed by atoms with E-state index in [9.17, 15) is 0 Å². The summed E-state index contributed by atoms with van der Waals surface area (Å²) >= 11 is 0. The highest BCUT2D eigenvalue weighted by Gasteiger charge is 2.12. The van der Waals surface area contributed by atoms with Crippen molar-refractivity contribution in [2.75, 3.05) is 26.3 Å². The lowest BCUT2D eigenvalue weighted by molar-refractivity contribution is 0.0666. The standard InChI is InChI=1S/C15H21NO/c1-2-5-14(6-3-1)7-4-10-16-13-15-8-11-17-12-9-15/h1-7,15-16H,8-13H2. The van der Waals surface area contributed by atoms with Crippen molar-refractivity contribution >= 4 is 6.08 Å². The average molecular weight is 231 g/mol. The highest BCUT2D eigenvalue weighted by atomic mass is 16.5. The minimum atomic E-state index is 0.800. The van der Waals surface area contributed by atoms with Gasteiger partial charge in [0.1, 0.15) is 0 Å². The predicted molar refractivity (Wildman–Crippen MR) is 71.9 cm³/mol. The molecule has 2 nitrogen and oxygen atoms in total. The van der Waals surface area contributed by atoms with Gasteiger partial charge in [-0.25, -0.2) is 0 Å². The van der Waals surface area contributed by atoms with E-state index < -0.39 is 0 Å². The topological polar surface area (TPSA) is 21.3 Å². The molecule has 2 heteroatoms. The Morgan fingerprint density at radius 1 is 1.18 bits per heavy atom. The Kier molecular flexibility index (Phi) is 5.27. The smallest absolute Gasteiger partial charge is 0.0469 e. The van der Waals surface area contributed by atoms with Gasteiger partial charge in [-0.3, -0.25) is 0 Å². The third kappa shape index (κ3) is 4.72. The van der Waals surface area contributed by atoms with Crippen LogP contribution in [-0.2, 0) is 4.74 Å². The SMILES string of the molecule is C(=Cc1ccccc1)CNCC1CCOCC1. The predicted octanol–water partition coefficient (Wildman–Crippen LogP) is 2.72. The monoisotopic (exact) mass is 231 g/mol. The first-order chi connectivity index (χ1) is 8.45. The van der Waals surface area contributed by atoms with E-state index in [0.29, 0.717) is 0 Å². The summed E-state index contributed by atoms with van der Waals surface area (Å²) in [4.78, 5) is 0. The summed E-state index contributed by atoms with van der Waals surface area (Å²) in [7, 11) is 0. The normalized spacial score (nSPS) is 17.6. The molecule has 0 spiro atoms. The number of nitrogens with one attached hydrogen (secondary N) is 1. The summed E-state index contributed by atoms with van der Waals surface area (Å²) in [5.41, 5.74) is 1.26. The molecule has 0 saturated carbocycles. The zero-order chi connectivity index (χ0) is 11.8. The van der Waals surface area contributed by atoms with Crippen LogP contribution in [0.2, 0.25) is 0 Å². The van der Waals surface area contributed by atoms with E-state index in [2.05, 4.69) is 41.7 Å². The average Bonchev–Trinajstić information content (AvgIpc) is 2.41. The van der Waals surface area contributed by atoms with Crippen LogP contribution in [0.5, 0.6) is 0 Å². The molecular formula is C15H21NO. The van der Waals surface area contributed by atoms with Gasteiger partial charge in [-0.05, 0) is 30.9 Å². The second kappa shape index (κ2) is 7.25. The van der Waals surface area contributed by atoms with Crippen molar-refractivity contribution in [1.29, 1.82) is 0 Å². The van der Waals surface area contributed by atoms with Crippen LogP contribution in [0, 0.1) is 5.92 Å². The lowest BCUT2D eigenvalue weighted by Gasteiger charge is -2.21. The highest BCUT2D eigenvalue weighted by Crippen LogP contribution is 2.12. The zero-order valence-corrected chi connectivity index (χ0v) is 10.3. The fraction of sp³-hybridized carbons (Fsp3) is 0.467. The molecule has 0 aromatic heterocycles. The van der Waals surface area contributed by atoms with Crippen LogP contribution in [0.15, 0.2) is 36.4 Å². The van der Waals surface area contributed by atoms with E-state index in [4.69, 9.17) is 4.74 Å². The molecule has 2 rings (SSSR count). The molecule has 1 heterocycles. The number of ether oxygens (including phenoxy) is 1. The van der Waals surface area contributed by atoms with Crippen molar-refractivity contribution in [3.63, 3.8) is 0 Å². The fourth-order valence-electron chi connectivity index (χ4n) is 2.08. The molecule has 92 valence electrons. The number of hydrogen-bond donors (Lipinski definition) is 1. The van der Waals surface area contributed by atoms with E-state index in [0.717, 1.165) is 32.2 Å². The van der Waals surface area contributed by atoms with Gasteiger partial charge in [0.15, 0.2) is 0 Å². The quantitative estimate of drug-likeness (QED) is 0.787. The van der Waals surface area contributed by atoms with Crippen LogP contribution in [0.4, 0.5) is 0 Å². The molecular weight excluding hydrogens is 210 g/mol. The Labute approximate surface area is 104 Å². The van der Waals surface area contributed by atoms with E-state index in [1.807, 2.05) is 6.07 Å². The molecule has 0 bridgehead atoms. The third-order valence-corrected chi connectivity index (χ3v) is 3.15. The van der Waals surface area contributed by atoms with Crippen molar-refractivity contribution in [1.82, 2.24) is 5.32 Å². The molecule has 17 heavy (non-hydrogen) atoms. The van der Waals surface area contributed by atoms with E-state index in [-0.39, 0.29) is 0 Å². The van der Waals surface area contributed by atoms with Gasteiger partial charge in [-0.15, -0.1) is 0 Å². The zero-order valence-electron chi connectivity index (χ0n) is 10.3. The summed E-state index contributed by atoms with van der Waals surface area (Å²) in [6.07, 6.45) is 6.76. The van der Waals surface area contributed by atoms with Gasteiger partial charge in [0.25, 0.3) is 0 Å². The fourth-order valence-corrected chi connectivity index (χ4v) is 2.08. The molecule has 0 aliphatic carbocycles. The molecule has 1 aromatic rings. The van der Waals surface area contributed by atoms with Crippen molar-refractivity contribution in [3.05, 3.63) is 42.0 Å². The lowest BCUT2D eigenvalue weighted by atomic mass is 10.0. The Morgan fingerprint density at radius 3 is 2.71 bits per heavy atom. The van der Waals surface area contributed by atoms with Gasteiger partial charge in [0.05, 0.1) is 0 Å². The van der Waals surface area contributed by atoms with Crippen molar-refractivity contribution in [2.24, 2.45) is 5.92 Å². The van der Waals surface area contributed by atoms with Gasteiger partial charge in [0.2, 0.25) is 0 Å². The maximum Gasteiger partial charge on any atom is 0.0469 e. The maximum atomic E-state index is 5.34. The van der Waals surface area contributed by atoms with Gasteiger partial charge in [0, 0.05) is 19.8 Å². The summed E-state index contributed by atoms with van der Waals surface area (Å²) < 4.78 is 5.34. The van der Waals surface area contributed by atoms with E-state index in [1.54, 1.807) is 0 Å². The van der Waals surface area contributed by atoms with Crippen LogP contribution in [-0.4, -0.2) is 26.3 Å². The third-order valence-electron chi connectivity index (χ3n) is 3.15. The van der Waals surface area contributed by atoms with Crippen LogP contribution in [0.3, 0.4) is 0 Å². The first-order valence-electron chi connectivity index (χ1n) is 6.45. The van der Waals surface area contributed by atoms with Crippen LogP contribution < -0.4 is 5.32 Å². The molecule has 1 aliphatic rings. The minimum absolute atomic E-state index is 0.800. The van der Waals surface area contributed by atoms with Gasteiger partial charge in [-0.2, -0.15) is 0 Å². The highest BCUT2D eigenvalue weighted by molar-refractivity contribution is 5.48. The molecule has 0 atom stereocenters. The van der Waals surface area contributed by atoms with E-state index >= 15 is 0 Å². The van der Waals surface area contributed by atoms with E-state index in [1.165, 1.54) is 18.4 Å². The van der Waals surface area contributed by atoms with Crippen molar-refractivity contribution in [2.45, 2.75) is 12.8 Å². The molecule has 1 fully saturated rings. The summed E-state index contributed by atoms with van der Waals surface area (Å²) in [6, 6.07) is 10.4. The molecule has 0 unspecified atom stereocenters. The first-order valence-corrected chi connectivity index (χ1v) is 6.45. The van der Waals surface area contributed by atoms with Crippen LogP contribution >= 0.6 is 0 Å². The Bertz CT molecular complexity index is 328.